The van der Waals surface area contributed by atoms with Crippen molar-refractivity contribution < 1.29 is 10.2 Å². The van der Waals surface area contributed by atoms with Gasteiger partial charge in [-0.2, -0.15) is 0 Å². The van der Waals surface area contributed by atoms with Crippen molar-refractivity contribution in [3.8, 4) is 5.75 Å². The quantitative estimate of drug-likeness (QED) is 0.640. The van der Waals surface area contributed by atoms with E-state index in [0.717, 1.165) is 47.9 Å². The number of aromatic nitrogens is 2. The third kappa shape index (κ3) is 4.26. The van der Waals surface area contributed by atoms with Gasteiger partial charge in [-0.1, -0.05) is 62.8 Å². The molecule has 0 bridgehead atoms. The molecule has 2 aliphatic carbocycles. The minimum atomic E-state index is -0.735. The summed E-state index contributed by atoms with van der Waals surface area (Å²) in [5.74, 6) is -0.182. The van der Waals surface area contributed by atoms with Gasteiger partial charge in [0, 0.05) is 24.0 Å². The van der Waals surface area contributed by atoms with E-state index in [2.05, 4.69) is 18.1 Å². The smallest absolute Gasteiger partial charge is 0.223 e. The Hall–Kier alpha value is -3.18. The van der Waals surface area contributed by atoms with Crippen molar-refractivity contribution in [3.63, 3.8) is 0 Å². The lowest BCUT2D eigenvalue weighted by molar-refractivity contribution is 0.0762. The summed E-state index contributed by atoms with van der Waals surface area (Å²) in [6.45, 7) is 7.83. The molecule has 5 nitrogen and oxygen atoms in total. The predicted octanol–water partition coefficient (Wildman–Crippen LogP) is 5.43. The first kappa shape index (κ1) is 22.0. The Labute approximate surface area is 188 Å². The molecule has 1 saturated carbocycles. The number of rotatable bonds is 6. The Morgan fingerprint density at radius 2 is 1.94 bits per heavy atom. The van der Waals surface area contributed by atoms with Crippen LogP contribution >= 0.6 is 0 Å². The highest BCUT2D eigenvalue weighted by Crippen LogP contribution is 2.38. The molecule has 166 valence electrons. The zero-order valence-corrected chi connectivity index (χ0v) is 18.3. The van der Waals surface area contributed by atoms with E-state index >= 15 is 0 Å². The average molecular weight is 431 g/mol. The van der Waals surface area contributed by atoms with Gasteiger partial charge in [-0.15, -0.1) is 0 Å². The van der Waals surface area contributed by atoms with E-state index in [-0.39, 0.29) is 17.7 Å². The molecule has 2 aliphatic rings. The number of pyridine rings is 2. The van der Waals surface area contributed by atoms with Crippen LogP contribution in [0.3, 0.4) is 0 Å². The van der Waals surface area contributed by atoms with Crippen molar-refractivity contribution in [3.05, 3.63) is 88.7 Å². The summed E-state index contributed by atoms with van der Waals surface area (Å²) in [6, 6.07) is 1.25. The summed E-state index contributed by atoms with van der Waals surface area (Å²) in [5, 5.41) is 21.4. The zero-order chi connectivity index (χ0) is 22.7. The summed E-state index contributed by atoms with van der Waals surface area (Å²) >= 11 is 0. The number of aliphatic hydroxyl groups excluding tert-OH is 1. The third-order valence-electron chi connectivity index (χ3n) is 6.70. The van der Waals surface area contributed by atoms with Gasteiger partial charge in [0.1, 0.15) is 0 Å². The van der Waals surface area contributed by atoms with Gasteiger partial charge in [0.25, 0.3) is 0 Å². The number of nitrogens with zero attached hydrogens (tertiary/aromatic N) is 2. The molecule has 2 atom stereocenters. The van der Waals surface area contributed by atoms with Crippen molar-refractivity contribution in [2.75, 3.05) is 0 Å². The molecule has 0 saturated heterocycles. The second-order valence-electron chi connectivity index (χ2n) is 8.64. The second-order valence-corrected chi connectivity index (χ2v) is 8.64. The van der Waals surface area contributed by atoms with Crippen molar-refractivity contribution in [2.24, 2.45) is 5.92 Å². The van der Waals surface area contributed by atoms with Crippen LogP contribution < -0.4 is 5.43 Å². The van der Waals surface area contributed by atoms with E-state index in [1.54, 1.807) is 12.3 Å². The first-order valence-electron chi connectivity index (χ1n) is 11.3. The normalized spacial score (nSPS) is 19.9. The van der Waals surface area contributed by atoms with E-state index in [9.17, 15) is 15.0 Å². The summed E-state index contributed by atoms with van der Waals surface area (Å²) in [7, 11) is 0. The van der Waals surface area contributed by atoms with Gasteiger partial charge in [-0.25, -0.2) is 0 Å². The second kappa shape index (κ2) is 9.53. The fourth-order valence-electron chi connectivity index (χ4n) is 4.95. The molecule has 2 N–H and O–H groups in total. The van der Waals surface area contributed by atoms with Crippen LogP contribution in [-0.2, 0) is 0 Å². The standard InChI is InChI=1S/C27H30N2O3/c1-3-18-15-28-16-23(22(18)4-2)20-11-8-12-21(13-20)29-17-26(31)25(30)14-24(29)27(32)19-9-6-5-7-10-19/h3-4,8,11-12,14-17,19,21,27,31-32H,1-2,5-7,9-10,13H2. The van der Waals surface area contributed by atoms with Crippen molar-refractivity contribution in [1.82, 2.24) is 9.55 Å². The highest BCUT2D eigenvalue weighted by atomic mass is 16.3. The largest absolute Gasteiger partial charge is 0.503 e. The molecule has 0 aromatic carbocycles. The van der Waals surface area contributed by atoms with Crippen LogP contribution in [0.2, 0.25) is 0 Å². The fraction of sp³-hybridized carbons (Fsp3) is 0.333. The summed E-state index contributed by atoms with van der Waals surface area (Å²) < 4.78 is 1.86. The van der Waals surface area contributed by atoms with Crippen molar-refractivity contribution in [2.45, 2.75) is 50.7 Å². The fourth-order valence-corrected chi connectivity index (χ4v) is 4.95. The number of allylic oxidation sites excluding steroid dienone is 4. The van der Waals surface area contributed by atoms with Crippen LogP contribution in [-0.4, -0.2) is 19.8 Å². The molecule has 0 spiro atoms. The van der Waals surface area contributed by atoms with Crippen LogP contribution in [0.5, 0.6) is 5.75 Å². The Kier molecular flexibility index (Phi) is 6.56. The number of aromatic hydroxyl groups is 1. The topological polar surface area (TPSA) is 75.3 Å². The third-order valence-corrected chi connectivity index (χ3v) is 6.70. The lowest BCUT2D eigenvalue weighted by Crippen LogP contribution is -2.24. The average Bonchev–Trinajstić information content (AvgIpc) is 2.85. The Morgan fingerprint density at radius 3 is 2.66 bits per heavy atom. The minimum Gasteiger partial charge on any atom is -0.503 e. The molecule has 0 amide bonds. The minimum absolute atomic E-state index is 0.127. The molecule has 5 heteroatoms. The Morgan fingerprint density at radius 1 is 1.16 bits per heavy atom. The Bertz CT molecular complexity index is 1140. The number of hydrogen-bond donors (Lipinski definition) is 2. The molecule has 32 heavy (non-hydrogen) atoms. The van der Waals surface area contributed by atoms with Gasteiger partial charge in [-0.05, 0) is 41.9 Å². The highest BCUT2D eigenvalue weighted by Gasteiger charge is 2.28. The van der Waals surface area contributed by atoms with Crippen molar-refractivity contribution in [1.29, 1.82) is 0 Å². The van der Waals surface area contributed by atoms with E-state index in [0.29, 0.717) is 12.1 Å². The molecule has 1 fully saturated rings. The van der Waals surface area contributed by atoms with E-state index in [1.807, 2.05) is 35.1 Å². The van der Waals surface area contributed by atoms with E-state index in [1.165, 1.54) is 18.7 Å². The zero-order valence-electron chi connectivity index (χ0n) is 18.3. The monoisotopic (exact) mass is 430 g/mol. The van der Waals surface area contributed by atoms with Gasteiger partial charge in [-0.3, -0.25) is 9.78 Å². The molecular weight excluding hydrogens is 400 g/mol. The van der Waals surface area contributed by atoms with Gasteiger partial charge < -0.3 is 14.8 Å². The Balaban J connectivity index is 1.71. The lowest BCUT2D eigenvalue weighted by atomic mass is 9.83. The van der Waals surface area contributed by atoms with Gasteiger partial charge >= 0.3 is 0 Å². The maximum absolute atomic E-state index is 12.3. The molecule has 0 radical (unpaired) electrons. The predicted molar refractivity (Wildman–Crippen MR) is 129 cm³/mol. The number of aliphatic hydroxyl groups is 1. The maximum Gasteiger partial charge on any atom is 0.223 e. The van der Waals surface area contributed by atoms with Crippen LogP contribution in [0.25, 0.3) is 17.7 Å². The molecular formula is C27H30N2O3. The van der Waals surface area contributed by atoms with Gasteiger partial charge in [0.15, 0.2) is 5.75 Å². The van der Waals surface area contributed by atoms with Gasteiger partial charge in [0.05, 0.1) is 24.0 Å². The van der Waals surface area contributed by atoms with Crippen LogP contribution in [0.1, 0.15) is 73.1 Å². The van der Waals surface area contributed by atoms with Crippen molar-refractivity contribution >= 4 is 17.7 Å². The van der Waals surface area contributed by atoms with Gasteiger partial charge in [0.2, 0.25) is 5.43 Å². The summed E-state index contributed by atoms with van der Waals surface area (Å²) in [5.41, 5.74) is 4.04. The first-order chi connectivity index (χ1) is 15.5. The molecule has 2 aromatic heterocycles. The molecule has 2 heterocycles. The first-order valence-corrected chi connectivity index (χ1v) is 11.3. The number of hydrogen-bond acceptors (Lipinski definition) is 4. The highest BCUT2D eigenvalue weighted by molar-refractivity contribution is 5.79. The van der Waals surface area contributed by atoms with E-state index < -0.39 is 11.5 Å². The van der Waals surface area contributed by atoms with E-state index in [4.69, 9.17) is 0 Å². The summed E-state index contributed by atoms with van der Waals surface area (Å²) in [6.07, 6.45) is 19.9. The van der Waals surface area contributed by atoms with Crippen LogP contribution in [0, 0.1) is 5.92 Å². The van der Waals surface area contributed by atoms with Crippen LogP contribution in [0.4, 0.5) is 0 Å². The molecule has 2 aromatic rings. The SMILES string of the molecule is C=Cc1cncc(C2=CC=CC(n3cc(O)c(=O)cc3C(O)C3CCCCC3)C2)c1C=C. The summed E-state index contributed by atoms with van der Waals surface area (Å²) in [4.78, 5) is 16.6. The maximum atomic E-state index is 12.3. The molecule has 4 rings (SSSR count). The molecule has 0 aliphatic heterocycles. The lowest BCUT2D eigenvalue weighted by Gasteiger charge is -2.31. The molecule has 2 unspecified atom stereocenters. The van der Waals surface area contributed by atoms with Crippen LogP contribution in [0.15, 0.2) is 60.8 Å².